The van der Waals surface area contributed by atoms with Gasteiger partial charge in [-0.05, 0) is 32.4 Å². The first-order valence-electron chi connectivity index (χ1n) is 9.03. The third-order valence-electron chi connectivity index (χ3n) is 4.97. The predicted octanol–water partition coefficient (Wildman–Crippen LogP) is 0.935. The number of likely N-dealkylation sites (tertiary alicyclic amines) is 1. The molecule has 1 amide bonds. The molecule has 2 saturated heterocycles. The summed E-state index contributed by atoms with van der Waals surface area (Å²) in [4.78, 5) is 17.2. The second-order valence-corrected chi connectivity index (χ2v) is 6.81. The van der Waals surface area contributed by atoms with Gasteiger partial charge in [-0.15, -0.1) is 0 Å². The number of nitrogens with one attached hydrogen (secondary N) is 1. The minimum atomic E-state index is 0.0567. The Bertz CT molecular complexity index is 527. The third kappa shape index (κ3) is 5.03. The van der Waals surface area contributed by atoms with Crippen molar-refractivity contribution in [1.82, 2.24) is 19.6 Å². The molecule has 134 valence electrons. The number of ether oxygens (including phenoxy) is 1. The fraction of sp³-hybridized carbons (Fsp3) is 0.765. The zero-order valence-electron chi connectivity index (χ0n) is 14.6. The van der Waals surface area contributed by atoms with E-state index in [4.69, 9.17) is 4.74 Å². The van der Waals surface area contributed by atoms with Gasteiger partial charge in [0.1, 0.15) is 0 Å². The van der Waals surface area contributed by atoms with Crippen LogP contribution in [0.15, 0.2) is 12.4 Å². The number of nitrogens with zero attached hydrogens (tertiary/aromatic N) is 4. The van der Waals surface area contributed by atoms with Crippen molar-refractivity contribution in [2.75, 3.05) is 51.3 Å². The molecule has 3 heterocycles. The largest absolute Gasteiger partial charge is 0.379 e. The standard InChI is InChI=1S/C17H29N5O2/c1-20-13-15(12-18-20)19-17(23)14-22-6-3-2-4-16(22)5-7-21-8-10-24-11-9-21/h12-13,16H,2-11,14H2,1H3,(H,19,23). The van der Waals surface area contributed by atoms with Gasteiger partial charge in [0.05, 0.1) is 31.6 Å². The van der Waals surface area contributed by atoms with Gasteiger partial charge in [0.15, 0.2) is 0 Å². The van der Waals surface area contributed by atoms with Gasteiger partial charge in [0, 0.05) is 32.4 Å². The summed E-state index contributed by atoms with van der Waals surface area (Å²) in [6.07, 6.45) is 8.31. The topological polar surface area (TPSA) is 62.6 Å². The van der Waals surface area contributed by atoms with E-state index in [0.29, 0.717) is 12.6 Å². The van der Waals surface area contributed by atoms with Gasteiger partial charge in [0.2, 0.25) is 5.91 Å². The maximum atomic E-state index is 12.3. The lowest BCUT2D eigenvalue weighted by atomic mass is 9.99. The highest BCUT2D eigenvalue weighted by Crippen LogP contribution is 2.20. The zero-order valence-corrected chi connectivity index (χ0v) is 14.6. The molecule has 1 unspecified atom stereocenters. The molecule has 7 nitrogen and oxygen atoms in total. The highest BCUT2D eigenvalue weighted by molar-refractivity contribution is 5.92. The summed E-state index contributed by atoms with van der Waals surface area (Å²) in [5.74, 6) is 0.0567. The second-order valence-electron chi connectivity index (χ2n) is 6.81. The van der Waals surface area contributed by atoms with Crippen LogP contribution in [0, 0.1) is 0 Å². The molecule has 7 heteroatoms. The number of carbonyl (C=O) groups excluding carboxylic acids is 1. The van der Waals surface area contributed by atoms with E-state index in [2.05, 4.69) is 20.2 Å². The number of aryl methyl sites for hydroxylation is 1. The first-order valence-corrected chi connectivity index (χ1v) is 9.03. The number of anilines is 1. The monoisotopic (exact) mass is 335 g/mol. The first kappa shape index (κ1) is 17.4. The maximum absolute atomic E-state index is 12.3. The average molecular weight is 335 g/mol. The first-order chi connectivity index (χ1) is 11.7. The van der Waals surface area contributed by atoms with Crippen LogP contribution in [0.2, 0.25) is 0 Å². The molecule has 0 bridgehead atoms. The summed E-state index contributed by atoms with van der Waals surface area (Å²) in [7, 11) is 1.85. The summed E-state index contributed by atoms with van der Waals surface area (Å²) < 4.78 is 7.11. The SMILES string of the molecule is Cn1cc(NC(=O)CN2CCCCC2CCN2CCOCC2)cn1. The van der Waals surface area contributed by atoms with Crippen molar-refractivity contribution in [3.8, 4) is 0 Å². The van der Waals surface area contributed by atoms with Crippen LogP contribution < -0.4 is 5.32 Å². The molecule has 1 aromatic rings. The molecule has 0 aliphatic carbocycles. The number of rotatable bonds is 6. The van der Waals surface area contributed by atoms with Crippen molar-refractivity contribution in [2.45, 2.75) is 31.7 Å². The van der Waals surface area contributed by atoms with E-state index in [-0.39, 0.29) is 5.91 Å². The summed E-state index contributed by atoms with van der Waals surface area (Å²) in [5.41, 5.74) is 0.768. The Hall–Kier alpha value is -1.44. The lowest BCUT2D eigenvalue weighted by Gasteiger charge is -2.37. The predicted molar refractivity (Wildman–Crippen MR) is 92.9 cm³/mol. The maximum Gasteiger partial charge on any atom is 0.238 e. The number of hydrogen-bond donors (Lipinski definition) is 1. The highest BCUT2D eigenvalue weighted by Gasteiger charge is 2.25. The number of morpholine rings is 1. The van der Waals surface area contributed by atoms with E-state index in [1.54, 1.807) is 10.9 Å². The molecule has 2 fully saturated rings. The van der Waals surface area contributed by atoms with Crippen LogP contribution in [0.5, 0.6) is 0 Å². The van der Waals surface area contributed by atoms with Crippen molar-refractivity contribution in [1.29, 1.82) is 0 Å². The van der Waals surface area contributed by atoms with Crippen molar-refractivity contribution >= 4 is 11.6 Å². The van der Waals surface area contributed by atoms with Crippen LogP contribution in [0.3, 0.4) is 0 Å². The number of hydrogen-bond acceptors (Lipinski definition) is 5. The number of carbonyl (C=O) groups is 1. The van der Waals surface area contributed by atoms with E-state index < -0.39 is 0 Å². The van der Waals surface area contributed by atoms with Gasteiger partial charge in [-0.1, -0.05) is 6.42 Å². The molecule has 1 N–H and O–H groups in total. The Kier molecular flexibility index (Phi) is 6.23. The van der Waals surface area contributed by atoms with Crippen LogP contribution in [-0.4, -0.2) is 77.5 Å². The Labute approximate surface area is 143 Å². The molecule has 0 spiro atoms. The second kappa shape index (κ2) is 8.60. The summed E-state index contributed by atoms with van der Waals surface area (Å²) >= 11 is 0. The van der Waals surface area contributed by atoms with Crippen LogP contribution in [-0.2, 0) is 16.6 Å². The average Bonchev–Trinajstić information content (AvgIpc) is 3.00. The lowest BCUT2D eigenvalue weighted by molar-refractivity contribution is -0.118. The summed E-state index contributed by atoms with van der Waals surface area (Å²) in [5, 5.41) is 7.03. The molecule has 0 radical (unpaired) electrons. The van der Waals surface area contributed by atoms with Crippen molar-refractivity contribution in [3.05, 3.63) is 12.4 Å². The van der Waals surface area contributed by atoms with Gasteiger partial charge in [0.25, 0.3) is 0 Å². The van der Waals surface area contributed by atoms with E-state index in [1.807, 2.05) is 13.2 Å². The summed E-state index contributed by atoms with van der Waals surface area (Å²) in [6.45, 7) is 6.37. The van der Waals surface area contributed by atoms with Crippen LogP contribution in [0.1, 0.15) is 25.7 Å². The molecule has 3 rings (SSSR count). The van der Waals surface area contributed by atoms with Crippen LogP contribution in [0.25, 0.3) is 0 Å². The highest BCUT2D eigenvalue weighted by atomic mass is 16.5. The Morgan fingerprint density at radius 2 is 2.17 bits per heavy atom. The van der Waals surface area contributed by atoms with Gasteiger partial charge in [-0.25, -0.2) is 0 Å². The molecule has 2 aliphatic heterocycles. The van der Waals surface area contributed by atoms with Gasteiger partial charge in [-0.3, -0.25) is 19.3 Å². The van der Waals surface area contributed by atoms with Crippen molar-refractivity contribution in [2.24, 2.45) is 7.05 Å². The van der Waals surface area contributed by atoms with E-state index in [9.17, 15) is 4.79 Å². The Morgan fingerprint density at radius 3 is 2.92 bits per heavy atom. The molecular weight excluding hydrogens is 306 g/mol. The van der Waals surface area contributed by atoms with E-state index >= 15 is 0 Å². The molecule has 0 aromatic carbocycles. The van der Waals surface area contributed by atoms with Gasteiger partial charge < -0.3 is 10.1 Å². The fourth-order valence-corrected chi connectivity index (χ4v) is 3.62. The lowest BCUT2D eigenvalue weighted by Crippen LogP contribution is -2.46. The quantitative estimate of drug-likeness (QED) is 0.838. The molecule has 24 heavy (non-hydrogen) atoms. The molecule has 1 aromatic heterocycles. The zero-order chi connectivity index (χ0) is 16.8. The van der Waals surface area contributed by atoms with Crippen molar-refractivity contribution < 1.29 is 9.53 Å². The number of amides is 1. The Balaban J connectivity index is 1.47. The summed E-state index contributed by atoms with van der Waals surface area (Å²) in [6, 6.07) is 0.515. The van der Waals surface area contributed by atoms with Gasteiger partial charge >= 0.3 is 0 Å². The van der Waals surface area contributed by atoms with E-state index in [1.165, 1.54) is 19.3 Å². The van der Waals surface area contributed by atoms with Gasteiger partial charge in [-0.2, -0.15) is 5.10 Å². The third-order valence-corrected chi connectivity index (χ3v) is 4.97. The molecular formula is C17H29N5O2. The number of aromatic nitrogens is 2. The Morgan fingerprint density at radius 1 is 1.33 bits per heavy atom. The van der Waals surface area contributed by atoms with Crippen LogP contribution in [0.4, 0.5) is 5.69 Å². The fourth-order valence-electron chi connectivity index (χ4n) is 3.62. The van der Waals surface area contributed by atoms with Crippen LogP contribution >= 0.6 is 0 Å². The smallest absolute Gasteiger partial charge is 0.238 e. The normalized spacial score (nSPS) is 23.3. The molecule has 2 aliphatic rings. The molecule has 1 atom stereocenters. The number of piperidine rings is 1. The minimum absolute atomic E-state index is 0.0567. The van der Waals surface area contributed by atoms with Crippen molar-refractivity contribution in [3.63, 3.8) is 0 Å². The van der Waals surface area contributed by atoms with E-state index in [0.717, 1.165) is 51.5 Å². The minimum Gasteiger partial charge on any atom is -0.379 e. The molecule has 0 saturated carbocycles.